The number of nitrogens with one attached hydrogen (secondary N) is 1. The van der Waals surface area contributed by atoms with Gasteiger partial charge >= 0.3 is 0 Å². The van der Waals surface area contributed by atoms with Crippen LogP contribution in [0.15, 0.2) is 0 Å². The van der Waals surface area contributed by atoms with E-state index in [-0.39, 0.29) is 30.6 Å². The molecular weight excluding hydrogens is 170 g/mol. The van der Waals surface area contributed by atoms with Crippen LogP contribution in [0, 0.1) is 5.92 Å². The van der Waals surface area contributed by atoms with Gasteiger partial charge in [-0.15, -0.1) is 0 Å². The van der Waals surface area contributed by atoms with Crippen LogP contribution in [0.3, 0.4) is 0 Å². The molecule has 2 N–H and O–H groups in total. The van der Waals surface area contributed by atoms with Crippen LogP contribution in [0.25, 0.3) is 0 Å². The zero-order valence-electron chi connectivity index (χ0n) is 8.17. The molecule has 13 heavy (non-hydrogen) atoms. The van der Waals surface area contributed by atoms with Crippen LogP contribution in [0.5, 0.6) is 0 Å². The Balaban J connectivity index is 3.75. The quantitative estimate of drug-likeness (QED) is 0.579. The van der Waals surface area contributed by atoms with Gasteiger partial charge in [-0.05, 0) is 12.8 Å². The van der Waals surface area contributed by atoms with E-state index in [0.717, 1.165) is 0 Å². The summed E-state index contributed by atoms with van der Waals surface area (Å²) in [6, 6.07) is 0. The number of carbonyl (C=O) groups excluding carboxylic acids is 2. The maximum Gasteiger partial charge on any atom is 0.227 e. The number of hydrogen-bond donors (Lipinski definition) is 2. The molecule has 0 fully saturated rings. The fourth-order valence-corrected chi connectivity index (χ4v) is 0.979. The first-order valence-corrected chi connectivity index (χ1v) is 4.46. The standard InChI is InChI=1S/C9H17NO3/c1-7(4-3-5-11)8(12)6-9(13)10-2/h7,11H,3-6H2,1-2H3,(H,10,13). The highest BCUT2D eigenvalue weighted by Crippen LogP contribution is 2.08. The maximum absolute atomic E-state index is 11.3. The van der Waals surface area contributed by atoms with Gasteiger partial charge in [0.15, 0.2) is 0 Å². The maximum atomic E-state index is 11.3. The molecule has 1 atom stereocenters. The molecule has 0 bridgehead atoms. The van der Waals surface area contributed by atoms with Crippen LogP contribution in [0.2, 0.25) is 0 Å². The first-order valence-electron chi connectivity index (χ1n) is 4.46. The molecule has 0 aromatic rings. The van der Waals surface area contributed by atoms with Crippen LogP contribution >= 0.6 is 0 Å². The van der Waals surface area contributed by atoms with Crippen molar-refractivity contribution < 1.29 is 14.7 Å². The van der Waals surface area contributed by atoms with Crippen molar-refractivity contribution in [1.82, 2.24) is 5.32 Å². The zero-order valence-corrected chi connectivity index (χ0v) is 8.17. The highest BCUT2D eigenvalue weighted by Gasteiger charge is 2.15. The van der Waals surface area contributed by atoms with Crippen molar-refractivity contribution in [3.63, 3.8) is 0 Å². The molecule has 1 amide bonds. The molecule has 0 heterocycles. The average Bonchev–Trinajstić information content (AvgIpc) is 2.13. The first kappa shape index (κ1) is 12.1. The van der Waals surface area contributed by atoms with Crippen LogP contribution in [0.4, 0.5) is 0 Å². The molecule has 0 saturated heterocycles. The van der Waals surface area contributed by atoms with Gasteiger partial charge < -0.3 is 10.4 Å². The summed E-state index contributed by atoms with van der Waals surface area (Å²) in [5, 5.41) is 10.9. The van der Waals surface area contributed by atoms with Gasteiger partial charge in [-0.2, -0.15) is 0 Å². The molecular formula is C9H17NO3. The lowest BCUT2D eigenvalue weighted by Crippen LogP contribution is -2.24. The SMILES string of the molecule is CNC(=O)CC(=O)C(C)CCCO. The average molecular weight is 187 g/mol. The van der Waals surface area contributed by atoms with Gasteiger partial charge in [-0.3, -0.25) is 9.59 Å². The van der Waals surface area contributed by atoms with Crippen molar-refractivity contribution in [3.05, 3.63) is 0 Å². The van der Waals surface area contributed by atoms with Crippen molar-refractivity contribution in [2.24, 2.45) is 5.92 Å². The molecule has 0 aliphatic carbocycles. The normalized spacial score (nSPS) is 12.2. The Morgan fingerprint density at radius 2 is 2.08 bits per heavy atom. The molecule has 0 spiro atoms. The van der Waals surface area contributed by atoms with E-state index in [9.17, 15) is 9.59 Å². The van der Waals surface area contributed by atoms with Gasteiger partial charge in [0, 0.05) is 19.6 Å². The Bertz CT molecular complexity index is 180. The monoisotopic (exact) mass is 187 g/mol. The summed E-state index contributed by atoms with van der Waals surface area (Å²) < 4.78 is 0. The number of ketones is 1. The van der Waals surface area contributed by atoms with Crippen molar-refractivity contribution in [3.8, 4) is 0 Å². The molecule has 0 rings (SSSR count). The van der Waals surface area contributed by atoms with E-state index < -0.39 is 0 Å². The van der Waals surface area contributed by atoms with E-state index >= 15 is 0 Å². The van der Waals surface area contributed by atoms with E-state index in [4.69, 9.17) is 5.11 Å². The summed E-state index contributed by atoms with van der Waals surface area (Å²) in [5.41, 5.74) is 0. The summed E-state index contributed by atoms with van der Waals surface area (Å²) >= 11 is 0. The first-order chi connectivity index (χ1) is 6.11. The lowest BCUT2D eigenvalue weighted by atomic mass is 9.98. The Morgan fingerprint density at radius 1 is 1.46 bits per heavy atom. The highest BCUT2D eigenvalue weighted by atomic mass is 16.3. The Labute approximate surface area is 78.3 Å². The molecule has 1 unspecified atom stereocenters. The van der Waals surface area contributed by atoms with Crippen LogP contribution < -0.4 is 5.32 Å². The second-order valence-electron chi connectivity index (χ2n) is 3.08. The molecule has 0 aromatic heterocycles. The Kier molecular flexibility index (Phi) is 6.14. The molecule has 0 aliphatic heterocycles. The van der Waals surface area contributed by atoms with E-state index in [1.54, 1.807) is 6.92 Å². The zero-order chi connectivity index (χ0) is 10.3. The number of carbonyl (C=O) groups is 2. The molecule has 0 radical (unpaired) electrons. The van der Waals surface area contributed by atoms with Gasteiger partial charge in [-0.1, -0.05) is 6.92 Å². The van der Waals surface area contributed by atoms with Gasteiger partial charge in [-0.25, -0.2) is 0 Å². The van der Waals surface area contributed by atoms with Crippen molar-refractivity contribution in [2.45, 2.75) is 26.2 Å². The van der Waals surface area contributed by atoms with Crippen molar-refractivity contribution in [1.29, 1.82) is 0 Å². The third kappa shape index (κ3) is 5.36. The third-order valence-corrected chi connectivity index (χ3v) is 1.96. The third-order valence-electron chi connectivity index (χ3n) is 1.96. The van der Waals surface area contributed by atoms with Crippen molar-refractivity contribution >= 4 is 11.7 Å². The summed E-state index contributed by atoms with van der Waals surface area (Å²) in [6.07, 6.45) is 1.20. The Morgan fingerprint density at radius 3 is 2.54 bits per heavy atom. The minimum absolute atomic E-state index is 0.0525. The second-order valence-corrected chi connectivity index (χ2v) is 3.08. The lowest BCUT2D eigenvalue weighted by molar-refractivity contribution is -0.129. The molecule has 76 valence electrons. The topological polar surface area (TPSA) is 66.4 Å². The summed E-state index contributed by atoms with van der Waals surface area (Å²) in [7, 11) is 1.51. The number of amides is 1. The smallest absolute Gasteiger partial charge is 0.227 e. The van der Waals surface area contributed by atoms with E-state index in [1.165, 1.54) is 7.05 Å². The van der Waals surface area contributed by atoms with Gasteiger partial charge in [0.2, 0.25) is 5.91 Å². The molecule has 4 heteroatoms. The fourth-order valence-electron chi connectivity index (χ4n) is 0.979. The highest BCUT2D eigenvalue weighted by molar-refractivity contribution is 5.98. The lowest BCUT2D eigenvalue weighted by Gasteiger charge is -2.08. The van der Waals surface area contributed by atoms with Crippen LogP contribution in [-0.2, 0) is 9.59 Å². The predicted octanol–water partition coefficient (Wildman–Crippen LogP) is 0.100. The predicted molar refractivity (Wildman–Crippen MR) is 49.2 cm³/mol. The number of aliphatic hydroxyl groups is 1. The van der Waals surface area contributed by atoms with Crippen LogP contribution in [0.1, 0.15) is 26.2 Å². The number of rotatable bonds is 6. The fraction of sp³-hybridized carbons (Fsp3) is 0.778. The van der Waals surface area contributed by atoms with E-state index in [2.05, 4.69) is 5.32 Å². The number of hydrogen-bond acceptors (Lipinski definition) is 3. The molecule has 0 saturated carbocycles. The van der Waals surface area contributed by atoms with Gasteiger partial charge in [0.05, 0.1) is 6.42 Å². The molecule has 0 aliphatic rings. The summed E-state index contributed by atoms with van der Waals surface area (Å²) in [4.78, 5) is 22.1. The largest absolute Gasteiger partial charge is 0.396 e. The van der Waals surface area contributed by atoms with Gasteiger partial charge in [0.1, 0.15) is 5.78 Å². The molecule has 0 aromatic carbocycles. The Hall–Kier alpha value is -0.900. The minimum Gasteiger partial charge on any atom is -0.396 e. The van der Waals surface area contributed by atoms with E-state index in [0.29, 0.717) is 12.8 Å². The number of Topliss-reactive ketones (excluding diaryl/α,β-unsaturated/α-hetero) is 1. The molecule has 4 nitrogen and oxygen atoms in total. The number of aliphatic hydroxyl groups excluding tert-OH is 1. The van der Waals surface area contributed by atoms with E-state index in [1.807, 2.05) is 0 Å². The van der Waals surface area contributed by atoms with Gasteiger partial charge in [0.25, 0.3) is 0 Å². The van der Waals surface area contributed by atoms with Crippen LogP contribution in [-0.4, -0.2) is 30.5 Å². The summed E-state index contributed by atoms with van der Waals surface area (Å²) in [6.45, 7) is 1.87. The van der Waals surface area contributed by atoms with Crippen molar-refractivity contribution in [2.75, 3.05) is 13.7 Å². The summed E-state index contributed by atoms with van der Waals surface area (Å²) in [5.74, 6) is -0.446. The second kappa shape index (κ2) is 6.60. The minimum atomic E-state index is -0.249.